The van der Waals surface area contributed by atoms with Gasteiger partial charge in [0, 0.05) is 12.1 Å². The molecule has 7 atom stereocenters. The van der Waals surface area contributed by atoms with E-state index in [0.29, 0.717) is 53.8 Å². The van der Waals surface area contributed by atoms with Gasteiger partial charge in [0.2, 0.25) is 18.1 Å². The van der Waals surface area contributed by atoms with Gasteiger partial charge in [0.15, 0.2) is 0 Å². The van der Waals surface area contributed by atoms with Crippen LogP contribution < -0.4 is 10.6 Å². The van der Waals surface area contributed by atoms with Gasteiger partial charge >= 0.3 is 5.97 Å². The average molecular weight is 572 g/mol. The lowest BCUT2D eigenvalue weighted by atomic mass is 9.75. The fraction of sp³-hybridized carbons (Fsp3) is 0.677. The van der Waals surface area contributed by atoms with E-state index in [0.717, 1.165) is 19.3 Å². The Morgan fingerprint density at radius 2 is 1.78 bits per heavy atom. The van der Waals surface area contributed by atoms with Crippen LogP contribution in [0.25, 0.3) is 0 Å². The molecule has 226 valence electrons. The zero-order chi connectivity index (χ0) is 30.0. The number of carbonyl (C=O) groups excluding carboxylic acids is 4. The largest absolute Gasteiger partial charge is 0.507 e. The Morgan fingerprint density at radius 1 is 1.10 bits per heavy atom. The summed E-state index contributed by atoms with van der Waals surface area (Å²) in [6.45, 7) is 12.0. The molecule has 2 saturated heterocycles. The number of benzene rings is 1. The second-order valence-corrected chi connectivity index (χ2v) is 12.5. The first-order valence-corrected chi connectivity index (χ1v) is 14.9. The minimum absolute atomic E-state index is 0.0175. The van der Waals surface area contributed by atoms with Crippen LogP contribution in [-0.4, -0.2) is 70.8 Å². The van der Waals surface area contributed by atoms with Crippen molar-refractivity contribution in [1.82, 2.24) is 15.5 Å². The fourth-order valence-electron chi connectivity index (χ4n) is 6.48. The van der Waals surface area contributed by atoms with Gasteiger partial charge in [-0.25, -0.2) is 0 Å². The number of esters is 1. The molecule has 3 unspecified atom stereocenters. The molecular weight excluding hydrogens is 526 g/mol. The number of cyclic esters (lactones) is 1. The molecule has 10 heteroatoms. The van der Waals surface area contributed by atoms with Crippen LogP contribution in [0.15, 0.2) is 12.1 Å². The first kappa shape index (κ1) is 30.8. The summed E-state index contributed by atoms with van der Waals surface area (Å²) in [5.74, 6) is -0.124. The molecule has 1 aromatic carbocycles. The van der Waals surface area contributed by atoms with E-state index in [2.05, 4.69) is 31.4 Å². The van der Waals surface area contributed by atoms with Crippen LogP contribution in [0.1, 0.15) is 87.7 Å². The summed E-state index contributed by atoms with van der Waals surface area (Å²) in [7, 11) is 0. The number of aromatic hydroxyl groups is 1. The number of phenolic OH excluding ortho intramolecular Hbond substituents is 1. The van der Waals surface area contributed by atoms with Crippen LogP contribution in [0, 0.1) is 31.6 Å². The van der Waals surface area contributed by atoms with E-state index in [1.54, 1.807) is 32.9 Å². The molecule has 0 radical (unpaired) electrons. The zero-order valence-corrected chi connectivity index (χ0v) is 25.1. The van der Waals surface area contributed by atoms with Crippen LogP contribution in [0.3, 0.4) is 0 Å². The molecule has 3 aliphatic rings. The molecule has 2 heterocycles. The minimum atomic E-state index is -0.862. The maximum atomic E-state index is 13.4. The lowest BCUT2D eigenvalue weighted by molar-refractivity contribution is -0.191. The predicted octanol–water partition coefficient (Wildman–Crippen LogP) is 3.35. The fourth-order valence-corrected chi connectivity index (χ4v) is 6.48. The van der Waals surface area contributed by atoms with Crippen LogP contribution in [-0.2, 0) is 23.9 Å². The molecule has 0 spiro atoms. The maximum Gasteiger partial charge on any atom is 0.310 e. The third-order valence-electron chi connectivity index (χ3n) is 8.87. The van der Waals surface area contributed by atoms with Crippen molar-refractivity contribution in [2.75, 3.05) is 6.54 Å². The van der Waals surface area contributed by atoms with Gasteiger partial charge in [0.05, 0.1) is 12.5 Å². The Bertz CT molecular complexity index is 1150. The number of nitrogens with zero attached hydrogens (tertiary/aromatic N) is 1. The van der Waals surface area contributed by atoms with Gasteiger partial charge in [-0.2, -0.15) is 0 Å². The second kappa shape index (κ2) is 12.8. The first-order valence-electron chi connectivity index (χ1n) is 14.9. The Kier molecular flexibility index (Phi) is 9.62. The molecule has 3 amide bonds. The molecule has 4 rings (SSSR count). The van der Waals surface area contributed by atoms with E-state index < -0.39 is 36.3 Å². The van der Waals surface area contributed by atoms with E-state index >= 15 is 0 Å². The molecule has 2 aliphatic heterocycles. The van der Waals surface area contributed by atoms with Crippen LogP contribution >= 0.6 is 0 Å². The van der Waals surface area contributed by atoms with E-state index in [1.165, 1.54) is 4.90 Å². The molecule has 1 saturated carbocycles. The Hall–Kier alpha value is -3.14. The van der Waals surface area contributed by atoms with Gasteiger partial charge in [-0.1, -0.05) is 27.2 Å². The molecular formula is C31H45N3O7. The molecule has 3 N–H and O–H groups in total. The number of phenols is 1. The lowest BCUT2D eigenvalue weighted by Crippen LogP contribution is -2.55. The van der Waals surface area contributed by atoms with Gasteiger partial charge in [-0.3, -0.25) is 19.2 Å². The third-order valence-corrected chi connectivity index (χ3v) is 8.87. The average Bonchev–Trinajstić information content (AvgIpc) is 3.52. The Morgan fingerprint density at radius 3 is 2.44 bits per heavy atom. The number of rotatable bonds is 8. The summed E-state index contributed by atoms with van der Waals surface area (Å²) < 4.78 is 11.9. The smallest absolute Gasteiger partial charge is 0.310 e. The van der Waals surface area contributed by atoms with E-state index in [-0.39, 0.29) is 30.1 Å². The summed E-state index contributed by atoms with van der Waals surface area (Å²) in [5, 5.41) is 15.7. The number of hydrogen-bond acceptors (Lipinski definition) is 7. The lowest BCUT2D eigenvalue weighted by Gasteiger charge is -2.39. The van der Waals surface area contributed by atoms with Crippen molar-refractivity contribution < 1.29 is 33.8 Å². The minimum Gasteiger partial charge on any atom is -0.507 e. The number of nitrogens with one attached hydrogen (secondary N) is 2. The highest BCUT2D eigenvalue weighted by atomic mass is 16.7. The first-order chi connectivity index (χ1) is 19.3. The van der Waals surface area contributed by atoms with Crippen LogP contribution in [0.4, 0.5) is 0 Å². The predicted molar refractivity (Wildman–Crippen MR) is 152 cm³/mol. The molecule has 1 aliphatic carbocycles. The standard InChI is InChI=1S/C31H45N3O7/c1-16(2)22-10-9-17(3)12-25(22)40-31-23(15-26(35)41-31)33-29(38)24-8-7-11-34(24)30(39)20(6)32-28(37)21-13-18(4)27(36)19(5)14-21/h13-14,16-17,20,22-25,31,36H,7-12,15H2,1-6H3,(H,32,37)(H,33,38)/t17-,20+,22+,23?,24+,25?,31?/m1/s1. The molecule has 10 nitrogen and oxygen atoms in total. The molecule has 1 aromatic rings. The van der Waals surface area contributed by atoms with E-state index in [9.17, 15) is 24.3 Å². The topological polar surface area (TPSA) is 134 Å². The van der Waals surface area contributed by atoms with Crippen molar-refractivity contribution in [1.29, 1.82) is 0 Å². The number of amides is 3. The number of aryl methyl sites for hydroxylation is 2. The van der Waals surface area contributed by atoms with Crippen molar-refractivity contribution in [2.45, 2.75) is 111 Å². The van der Waals surface area contributed by atoms with Gasteiger partial charge in [-0.15, -0.1) is 0 Å². The van der Waals surface area contributed by atoms with Crippen LogP contribution in [0.5, 0.6) is 5.75 Å². The van der Waals surface area contributed by atoms with Crippen LogP contribution in [0.2, 0.25) is 0 Å². The highest BCUT2D eigenvalue weighted by Crippen LogP contribution is 2.37. The Balaban J connectivity index is 1.38. The van der Waals surface area contributed by atoms with Crippen molar-refractivity contribution in [3.8, 4) is 5.75 Å². The van der Waals surface area contributed by atoms with Gasteiger partial charge in [-0.05, 0) is 87.5 Å². The second-order valence-electron chi connectivity index (χ2n) is 12.5. The number of ether oxygens (including phenoxy) is 2. The van der Waals surface area contributed by atoms with Crippen molar-refractivity contribution in [3.63, 3.8) is 0 Å². The van der Waals surface area contributed by atoms with Gasteiger partial charge in [0.1, 0.15) is 23.9 Å². The highest BCUT2D eigenvalue weighted by Gasteiger charge is 2.44. The quantitative estimate of drug-likeness (QED) is 0.408. The van der Waals surface area contributed by atoms with Crippen molar-refractivity contribution in [2.24, 2.45) is 17.8 Å². The van der Waals surface area contributed by atoms with Gasteiger partial charge in [0.25, 0.3) is 5.91 Å². The maximum absolute atomic E-state index is 13.4. The SMILES string of the molecule is Cc1cc(C(=O)N[C@@H](C)C(=O)N2CCC[C@H]2C(=O)NC2CC(=O)OC2OC2C[C@H](C)CC[C@H]2C(C)C)cc(C)c1O. The number of carbonyl (C=O) groups is 4. The molecule has 0 bridgehead atoms. The Labute approximate surface area is 242 Å². The summed E-state index contributed by atoms with van der Waals surface area (Å²) in [6, 6.07) is 0.938. The normalized spacial score (nSPS) is 28.9. The molecule has 3 fully saturated rings. The number of hydrogen-bond donors (Lipinski definition) is 3. The molecule has 0 aromatic heterocycles. The molecule has 41 heavy (non-hydrogen) atoms. The zero-order valence-electron chi connectivity index (χ0n) is 25.1. The van der Waals surface area contributed by atoms with E-state index in [4.69, 9.17) is 9.47 Å². The highest BCUT2D eigenvalue weighted by molar-refractivity contribution is 5.99. The third kappa shape index (κ3) is 7.02. The summed E-state index contributed by atoms with van der Waals surface area (Å²) in [6.07, 6.45) is 3.33. The van der Waals surface area contributed by atoms with Crippen molar-refractivity contribution >= 4 is 23.7 Å². The van der Waals surface area contributed by atoms with E-state index in [1.807, 2.05) is 0 Å². The number of likely N-dealkylation sites (tertiary alicyclic amines) is 1. The summed E-state index contributed by atoms with van der Waals surface area (Å²) in [5.41, 5.74) is 1.48. The van der Waals surface area contributed by atoms with Crippen molar-refractivity contribution in [3.05, 3.63) is 28.8 Å². The monoisotopic (exact) mass is 571 g/mol. The van der Waals surface area contributed by atoms with Gasteiger partial charge < -0.3 is 30.1 Å². The summed E-state index contributed by atoms with van der Waals surface area (Å²) in [4.78, 5) is 53.4. The summed E-state index contributed by atoms with van der Waals surface area (Å²) >= 11 is 0.